The van der Waals surface area contributed by atoms with Crippen molar-refractivity contribution >= 4 is 40.5 Å². The molecule has 156 valence electrons. The van der Waals surface area contributed by atoms with Crippen LogP contribution >= 0.6 is 24.0 Å². The van der Waals surface area contributed by atoms with Crippen LogP contribution in [0.4, 0.5) is 10.1 Å². The molecule has 0 saturated heterocycles. The molecule has 1 heterocycles. The van der Waals surface area contributed by atoms with Gasteiger partial charge in [-0.2, -0.15) is 5.10 Å². The first-order valence-electron chi connectivity index (χ1n) is 9.48. The normalized spacial score (nSPS) is 10.7. The number of alkyl halides is 1. The second kappa shape index (κ2) is 11.8. The summed E-state index contributed by atoms with van der Waals surface area (Å²) in [5, 5.41) is 15.3. The van der Waals surface area contributed by atoms with Crippen molar-refractivity contribution in [2.24, 2.45) is 0 Å². The molecule has 0 aliphatic heterocycles. The van der Waals surface area contributed by atoms with Crippen molar-refractivity contribution < 1.29 is 4.39 Å². The summed E-state index contributed by atoms with van der Waals surface area (Å²) >= 11 is 6.34. The van der Waals surface area contributed by atoms with Crippen molar-refractivity contribution in [1.29, 1.82) is 0 Å². The average molecular weight is 439 g/mol. The first kappa shape index (κ1) is 23.1. The highest BCUT2D eigenvalue weighted by molar-refractivity contribution is 6.33. The Morgan fingerprint density at radius 1 is 1.00 bits per heavy atom. The van der Waals surface area contributed by atoms with Gasteiger partial charge in [-0.05, 0) is 37.6 Å². The number of nitrogens with one attached hydrogen (secondary N) is 3. The first-order valence-corrected chi connectivity index (χ1v) is 9.86. The third-order valence-electron chi connectivity index (χ3n) is 4.55. The number of hydrogen-bond donors (Lipinski definition) is 3. The largest absolute Gasteiger partial charge is 0.384 e. The number of H-pyrrole nitrogens is 1. The van der Waals surface area contributed by atoms with Crippen LogP contribution in [-0.4, -0.2) is 36.5 Å². The van der Waals surface area contributed by atoms with Gasteiger partial charge in [0.05, 0.1) is 21.8 Å². The van der Waals surface area contributed by atoms with Gasteiger partial charge >= 0.3 is 0 Å². The van der Waals surface area contributed by atoms with E-state index in [4.69, 9.17) is 11.6 Å². The zero-order valence-corrected chi connectivity index (χ0v) is 17.6. The Kier molecular flexibility index (Phi) is 9.38. The van der Waals surface area contributed by atoms with Crippen molar-refractivity contribution in [1.82, 2.24) is 15.5 Å². The second-order valence-electron chi connectivity index (χ2n) is 6.57. The lowest BCUT2D eigenvalue weighted by Gasteiger charge is -2.11. The highest BCUT2D eigenvalue weighted by Crippen LogP contribution is 2.30. The molecule has 0 fully saturated rings. The van der Waals surface area contributed by atoms with Gasteiger partial charge in [0.15, 0.2) is 0 Å². The lowest BCUT2D eigenvalue weighted by atomic mass is 10.0. The molecule has 0 unspecified atom stereocenters. The molecular weight excluding hydrogens is 414 g/mol. The summed E-state index contributed by atoms with van der Waals surface area (Å²) in [5.41, 5.74) is 2.24. The Bertz CT molecular complexity index is 980. The summed E-state index contributed by atoms with van der Waals surface area (Å²) in [6.45, 7) is 1.74. The topological polar surface area (TPSA) is 69.8 Å². The number of aromatic nitrogens is 2. The molecule has 0 atom stereocenters. The van der Waals surface area contributed by atoms with E-state index in [1.807, 2.05) is 36.4 Å². The molecule has 0 amide bonds. The number of nitrogens with zero attached hydrogens (tertiary/aromatic N) is 1. The molecule has 0 saturated carbocycles. The quantitative estimate of drug-likeness (QED) is 0.397. The van der Waals surface area contributed by atoms with Gasteiger partial charge in [0, 0.05) is 24.0 Å². The minimum Gasteiger partial charge on any atom is -0.384 e. The zero-order chi connectivity index (χ0) is 19.8. The molecule has 0 aliphatic carbocycles. The van der Waals surface area contributed by atoms with E-state index in [0.717, 1.165) is 49.0 Å². The number of hydrogen-bond acceptors (Lipinski definition) is 4. The van der Waals surface area contributed by atoms with E-state index in [-0.39, 0.29) is 24.6 Å². The standard InChI is InChI=1S/C21H24ClFN4O.ClH/c22-18-9-8-15(14-19(18)25-12-5-1-4-11-24-13-10-23)20-16-6-2-3-7-17(16)21(28)27-26-20;/h2-3,6-9,14,24-25H,1,4-5,10-13H2,(H,27,28);1H. The van der Waals surface area contributed by atoms with Gasteiger partial charge in [0.1, 0.15) is 6.67 Å². The van der Waals surface area contributed by atoms with Crippen LogP contribution in [-0.2, 0) is 0 Å². The van der Waals surface area contributed by atoms with Crippen LogP contribution in [0, 0.1) is 0 Å². The number of aromatic amines is 1. The third kappa shape index (κ3) is 6.16. The first-order chi connectivity index (χ1) is 13.7. The molecule has 5 nitrogen and oxygen atoms in total. The summed E-state index contributed by atoms with van der Waals surface area (Å²) in [6.07, 6.45) is 3.07. The predicted molar refractivity (Wildman–Crippen MR) is 121 cm³/mol. The van der Waals surface area contributed by atoms with Gasteiger partial charge < -0.3 is 10.6 Å². The summed E-state index contributed by atoms with van der Waals surface area (Å²) in [5.74, 6) is 0. The van der Waals surface area contributed by atoms with Crippen molar-refractivity contribution in [3.05, 3.63) is 57.8 Å². The van der Waals surface area contributed by atoms with Gasteiger partial charge in [0.25, 0.3) is 5.56 Å². The Morgan fingerprint density at radius 2 is 1.76 bits per heavy atom. The molecule has 3 aromatic rings. The van der Waals surface area contributed by atoms with Gasteiger partial charge in [-0.1, -0.05) is 42.3 Å². The average Bonchev–Trinajstić information content (AvgIpc) is 2.72. The number of fused-ring (bicyclic) bond motifs is 1. The summed E-state index contributed by atoms with van der Waals surface area (Å²) in [4.78, 5) is 12.0. The highest BCUT2D eigenvalue weighted by Gasteiger charge is 2.10. The molecule has 0 aliphatic rings. The van der Waals surface area contributed by atoms with Gasteiger partial charge in [-0.25, -0.2) is 9.49 Å². The fourth-order valence-corrected chi connectivity index (χ4v) is 3.29. The Balaban J connectivity index is 0.00000300. The van der Waals surface area contributed by atoms with E-state index in [9.17, 15) is 9.18 Å². The summed E-state index contributed by atoms with van der Waals surface area (Å²) < 4.78 is 12.0. The Labute approximate surface area is 180 Å². The van der Waals surface area contributed by atoms with Crippen molar-refractivity contribution in [3.8, 4) is 11.3 Å². The lowest BCUT2D eigenvalue weighted by Crippen LogP contribution is -2.18. The maximum Gasteiger partial charge on any atom is 0.272 e. The van der Waals surface area contributed by atoms with E-state index < -0.39 is 0 Å². The van der Waals surface area contributed by atoms with Crippen LogP contribution in [0.2, 0.25) is 5.02 Å². The zero-order valence-electron chi connectivity index (χ0n) is 16.0. The number of halogens is 3. The van der Waals surface area contributed by atoms with Crippen LogP contribution in [0.1, 0.15) is 19.3 Å². The van der Waals surface area contributed by atoms with Crippen LogP contribution in [0.25, 0.3) is 22.0 Å². The number of rotatable bonds is 10. The molecule has 0 bridgehead atoms. The SMILES string of the molecule is Cl.O=c1[nH]nc(-c2ccc(Cl)c(NCCCCCNCCF)c2)c2ccccc12. The predicted octanol–water partition coefficient (Wildman–Crippen LogP) is 4.81. The Hall–Kier alpha value is -2.15. The lowest BCUT2D eigenvalue weighted by molar-refractivity contribution is 0.462. The fourth-order valence-electron chi connectivity index (χ4n) is 3.11. The highest BCUT2D eigenvalue weighted by atomic mass is 35.5. The second-order valence-corrected chi connectivity index (χ2v) is 6.98. The minimum absolute atomic E-state index is 0. The van der Waals surface area contributed by atoms with E-state index in [1.165, 1.54) is 0 Å². The number of benzene rings is 2. The van der Waals surface area contributed by atoms with Crippen molar-refractivity contribution in [2.45, 2.75) is 19.3 Å². The number of unbranched alkanes of at least 4 members (excludes halogenated alkanes) is 2. The number of anilines is 1. The summed E-state index contributed by atoms with van der Waals surface area (Å²) in [7, 11) is 0. The van der Waals surface area contributed by atoms with Gasteiger partial charge in [0.2, 0.25) is 0 Å². The molecule has 0 spiro atoms. The molecular formula is C21H25Cl2FN4O. The maximum atomic E-state index is 12.0. The Morgan fingerprint density at radius 3 is 2.55 bits per heavy atom. The fraction of sp³-hybridized carbons (Fsp3) is 0.333. The maximum absolute atomic E-state index is 12.0. The molecule has 2 aromatic carbocycles. The molecule has 1 aromatic heterocycles. The third-order valence-corrected chi connectivity index (χ3v) is 4.88. The van der Waals surface area contributed by atoms with E-state index in [2.05, 4.69) is 20.8 Å². The molecule has 3 N–H and O–H groups in total. The monoisotopic (exact) mass is 438 g/mol. The van der Waals surface area contributed by atoms with E-state index in [0.29, 0.717) is 22.6 Å². The van der Waals surface area contributed by atoms with Crippen molar-refractivity contribution in [3.63, 3.8) is 0 Å². The molecule has 3 rings (SSSR count). The van der Waals surface area contributed by atoms with Crippen LogP contribution < -0.4 is 16.2 Å². The van der Waals surface area contributed by atoms with Crippen molar-refractivity contribution in [2.75, 3.05) is 31.6 Å². The van der Waals surface area contributed by atoms with Crippen LogP contribution in [0.3, 0.4) is 0 Å². The molecule has 8 heteroatoms. The van der Waals surface area contributed by atoms with Gasteiger partial charge in [-0.15, -0.1) is 12.4 Å². The van der Waals surface area contributed by atoms with E-state index in [1.54, 1.807) is 6.07 Å². The minimum atomic E-state index is -0.324. The van der Waals surface area contributed by atoms with Crippen LogP contribution in [0.15, 0.2) is 47.3 Å². The van der Waals surface area contributed by atoms with Gasteiger partial charge in [-0.3, -0.25) is 4.79 Å². The summed E-state index contributed by atoms with van der Waals surface area (Å²) in [6, 6.07) is 13.1. The molecule has 0 radical (unpaired) electrons. The smallest absolute Gasteiger partial charge is 0.272 e. The molecule has 29 heavy (non-hydrogen) atoms. The van der Waals surface area contributed by atoms with Crippen LogP contribution in [0.5, 0.6) is 0 Å². The van der Waals surface area contributed by atoms with E-state index >= 15 is 0 Å².